The van der Waals surface area contributed by atoms with Crippen LogP contribution in [-0.2, 0) is 0 Å². The molecule has 0 aliphatic carbocycles. The number of anilines is 1. The molecule has 0 bridgehead atoms. The quantitative estimate of drug-likeness (QED) is 0.455. The molecule has 1 saturated heterocycles. The minimum Gasteiger partial charge on any atom is -0.507 e. The van der Waals surface area contributed by atoms with Crippen molar-refractivity contribution in [1.82, 2.24) is 4.90 Å². The number of hydrogen-bond acceptors (Lipinski definition) is 7. The molecule has 0 spiro atoms. The standard InChI is InChI=1S/C26H32N2O5.2ClH/c1-18-14-23(30)21-6-4-5-7-22(21)26(18)33-17-20(29)16-27-10-12-28(13-11-27)19-8-9-24(31-2)25(15-19)32-3;;/h4-9,14-15,20,29-30H,10-13,16-17H2,1-3H3;2*1H. The van der Waals surface area contributed by atoms with Gasteiger partial charge >= 0.3 is 0 Å². The van der Waals surface area contributed by atoms with Gasteiger partial charge < -0.3 is 29.3 Å². The van der Waals surface area contributed by atoms with Crippen LogP contribution in [0.5, 0.6) is 23.0 Å². The van der Waals surface area contributed by atoms with Crippen LogP contribution < -0.4 is 19.1 Å². The number of rotatable bonds is 8. The number of aromatic hydroxyl groups is 1. The maximum atomic E-state index is 10.6. The molecule has 2 N–H and O–H groups in total. The highest BCUT2D eigenvalue weighted by Crippen LogP contribution is 2.36. The number of aliphatic hydroxyl groups excluding tert-OH is 1. The molecule has 35 heavy (non-hydrogen) atoms. The smallest absolute Gasteiger partial charge is 0.162 e. The van der Waals surface area contributed by atoms with Gasteiger partial charge in [0.2, 0.25) is 0 Å². The van der Waals surface area contributed by atoms with Crippen LogP contribution in [0, 0.1) is 6.92 Å². The van der Waals surface area contributed by atoms with Gasteiger partial charge in [0.15, 0.2) is 11.5 Å². The van der Waals surface area contributed by atoms with Crippen LogP contribution in [0.15, 0.2) is 48.5 Å². The Hall–Kier alpha value is -2.58. The maximum Gasteiger partial charge on any atom is 0.162 e. The number of β-amino-alcohol motifs (C(OH)–C–C–N with tert-alkyl or cyclic N) is 1. The van der Waals surface area contributed by atoms with Crippen molar-refractivity contribution in [3.05, 3.63) is 54.1 Å². The highest BCUT2D eigenvalue weighted by molar-refractivity contribution is 5.94. The fourth-order valence-corrected chi connectivity index (χ4v) is 4.40. The van der Waals surface area contributed by atoms with Crippen LogP contribution in [-0.4, -0.2) is 74.8 Å². The summed E-state index contributed by atoms with van der Waals surface area (Å²) < 4.78 is 16.8. The van der Waals surface area contributed by atoms with E-state index < -0.39 is 6.10 Å². The minimum absolute atomic E-state index is 0. The van der Waals surface area contributed by atoms with Crippen molar-refractivity contribution in [2.75, 3.05) is 58.5 Å². The van der Waals surface area contributed by atoms with E-state index in [4.69, 9.17) is 14.2 Å². The normalized spacial score (nSPS) is 14.6. The molecule has 0 amide bonds. The third-order valence-electron chi connectivity index (χ3n) is 6.15. The molecular formula is C26H34Cl2N2O5. The van der Waals surface area contributed by atoms with E-state index in [0.29, 0.717) is 12.3 Å². The van der Waals surface area contributed by atoms with E-state index in [0.717, 1.165) is 59.7 Å². The van der Waals surface area contributed by atoms with E-state index in [1.54, 1.807) is 20.3 Å². The molecule has 3 aromatic rings. The second-order valence-electron chi connectivity index (χ2n) is 8.38. The number of phenolic OH excluding ortho intramolecular Hbond substituents is 1. The van der Waals surface area contributed by atoms with Crippen LogP contribution in [0.4, 0.5) is 5.69 Å². The number of nitrogens with zero attached hydrogens (tertiary/aromatic N) is 2. The Morgan fingerprint density at radius 3 is 2.20 bits per heavy atom. The lowest BCUT2D eigenvalue weighted by Crippen LogP contribution is -2.49. The molecule has 9 heteroatoms. The third kappa shape index (κ3) is 6.55. The summed E-state index contributed by atoms with van der Waals surface area (Å²) in [6.45, 7) is 6.09. The first-order valence-electron chi connectivity index (χ1n) is 11.2. The number of piperazine rings is 1. The molecule has 1 atom stereocenters. The predicted octanol–water partition coefficient (Wildman–Crippen LogP) is 4.28. The van der Waals surface area contributed by atoms with Gasteiger partial charge in [0.1, 0.15) is 24.2 Å². The fraction of sp³-hybridized carbons (Fsp3) is 0.385. The van der Waals surface area contributed by atoms with Crippen molar-refractivity contribution >= 4 is 41.3 Å². The second-order valence-corrected chi connectivity index (χ2v) is 8.38. The van der Waals surface area contributed by atoms with E-state index in [9.17, 15) is 10.2 Å². The number of halogens is 2. The Morgan fingerprint density at radius 2 is 1.54 bits per heavy atom. The van der Waals surface area contributed by atoms with Gasteiger partial charge in [-0.15, -0.1) is 24.8 Å². The SMILES string of the molecule is COc1ccc(N2CCN(CC(O)COc3c(C)cc(O)c4ccccc34)CC2)cc1OC.Cl.Cl. The molecule has 7 nitrogen and oxygen atoms in total. The monoisotopic (exact) mass is 524 g/mol. The lowest BCUT2D eigenvalue weighted by atomic mass is 10.0. The number of ether oxygens (including phenoxy) is 3. The van der Waals surface area contributed by atoms with Gasteiger partial charge in [-0.2, -0.15) is 0 Å². The van der Waals surface area contributed by atoms with Gasteiger partial charge in [0, 0.05) is 55.2 Å². The summed E-state index contributed by atoms with van der Waals surface area (Å²) in [6.07, 6.45) is -0.607. The minimum atomic E-state index is -0.607. The summed E-state index contributed by atoms with van der Waals surface area (Å²) in [7, 11) is 3.28. The van der Waals surface area contributed by atoms with E-state index in [-0.39, 0.29) is 37.2 Å². The summed E-state index contributed by atoms with van der Waals surface area (Å²) in [6, 6.07) is 15.3. The molecule has 4 rings (SSSR count). The average Bonchev–Trinajstić information content (AvgIpc) is 2.84. The molecule has 0 radical (unpaired) electrons. The Morgan fingerprint density at radius 1 is 0.886 bits per heavy atom. The van der Waals surface area contributed by atoms with Crippen molar-refractivity contribution in [1.29, 1.82) is 0 Å². The van der Waals surface area contributed by atoms with Crippen molar-refractivity contribution in [2.24, 2.45) is 0 Å². The number of benzene rings is 3. The van der Waals surface area contributed by atoms with Crippen LogP contribution in [0.25, 0.3) is 10.8 Å². The van der Waals surface area contributed by atoms with Gasteiger partial charge in [-0.3, -0.25) is 4.90 Å². The van der Waals surface area contributed by atoms with Crippen LogP contribution in [0.1, 0.15) is 5.56 Å². The summed E-state index contributed by atoms with van der Waals surface area (Å²) in [4.78, 5) is 4.57. The molecular weight excluding hydrogens is 491 g/mol. The lowest BCUT2D eigenvalue weighted by molar-refractivity contribution is 0.0666. The first kappa shape index (κ1) is 28.7. The van der Waals surface area contributed by atoms with Crippen LogP contribution in [0.3, 0.4) is 0 Å². The molecule has 1 unspecified atom stereocenters. The number of hydrogen-bond donors (Lipinski definition) is 2. The van der Waals surface area contributed by atoms with Crippen molar-refractivity contribution in [3.8, 4) is 23.0 Å². The van der Waals surface area contributed by atoms with Crippen molar-refractivity contribution in [2.45, 2.75) is 13.0 Å². The van der Waals surface area contributed by atoms with Crippen molar-refractivity contribution in [3.63, 3.8) is 0 Å². The number of phenols is 1. The van der Waals surface area contributed by atoms with Crippen LogP contribution in [0.2, 0.25) is 0 Å². The summed E-state index contributed by atoms with van der Waals surface area (Å²) in [5.74, 6) is 2.39. The van der Waals surface area contributed by atoms with E-state index in [1.165, 1.54) is 0 Å². The van der Waals surface area contributed by atoms with Crippen LogP contribution >= 0.6 is 24.8 Å². The predicted molar refractivity (Wildman–Crippen MR) is 145 cm³/mol. The summed E-state index contributed by atoms with van der Waals surface area (Å²) >= 11 is 0. The Bertz CT molecular complexity index is 1110. The number of fused-ring (bicyclic) bond motifs is 1. The first-order valence-corrected chi connectivity index (χ1v) is 11.2. The largest absolute Gasteiger partial charge is 0.507 e. The Labute approximate surface area is 219 Å². The highest BCUT2D eigenvalue weighted by atomic mass is 35.5. The zero-order chi connectivity index (χ0) is 23.4. The number of aliphatic hydroxyl groups is 1. The lowest BCUT2D eigenvalue weighted by Gasteiger charge is -2.37. The first-order chi connectivity index (χ1) is 16.0. The molecule has 1 aliphatic heterocycles. The van der Waals surface area contributed by atoms with Gasteiger partial charge in [-0.25, -0.2) is 0 Å². The summed E-state index contributed by atoms with van der Waals surface area (Å²) in [5.41, 5.74) is 1.95. The molecule has 1 aliphatic rings. The zero-order valence-corrected chi connectivity index (χ0v) is 21.9. The molecule has 3 aromatic carbocycles. The molecule has 0 saturated carbocycles. The van der Waals surface area contributed by atoms with E-state index in [2.05, 4.69) is 9.80 Å². The Balaban J connectivity index is 0.00000216. The molecule has 192 valence electrons. The van der Waals surface area contributed by atoms with Gasteiger partial charge in [-0.05, 0) is 30.7 Å². The zero-order valence-electron chi connectivity index (χ0n) is 20.3. The second kappa shape index (κ2) is 12.9. The summed E-state index contributed by atoms with van der Waals surface area (Å²) in [5, 5.41) is 22.4. The van der Waals surface area contributed by atoms with Gasteiger partial charge in [0.25, 0.3) is 0 Å². The highest BCUT2D eigenvalue weighted by Gasteiger charge is 2.21. The van der Waals surface area contributed by atoms with Crippen molar-refractivity contribution < 1.29 is 24.4 Å². The van der Waals surface area contributed by atoms with Gasteiger partial charge in [-0.1, -0.05) is 24.3 Å². The Kier molecular flexibility index (Phi) is 10.6. The third-order valence-corrected chi connectivity index (χ3v) is 6.15. The van der Waals surface area contributed by atoms with E-state index in [1.807, 2.05) is 49.4 Å². The maximum absolute atomic E-state index is 10.6. The molecule has 1 fully saturated rings. The number of methoxy groups -OCH3 is 2. The average molecular weight is 525 g/mol. The van der Waals surface area contributed by atoms with E-state index >= 15 is 0 Å². The van der Waals surface area contributed by atoms with Gasteiger partial charge in [0.05, 0.1) is 14.2 Å². The molecule has 1 heterocycles. The fourth-order valence-electron chi connectivity index (χ4n) is 4.40. The number of aryl methyl sites for hydroxylation is 1. The molecule has 0 aromatic heterocycles. The topological polar surface area (TPSA) is 74.6 Å².